The number of anilines is 1. The third-order valence-corrected chi connectivity index (χ3v) is 6.73. The summed E-state index contributed by atoms with van der Waals surface area (Å²) in [5.74, 6) is 0.940. The van der Waals surface area contributed by atoms with E-state index in [0.717, 1.165) is 59.6 Å². The van der Waals surface area contributed by atoms with E-state index in [-0.39, 0.29) is 18.0 Å². The number of ketones is 2. The van der Waals surface area contributed by atoms with Crippen LogP contribution in [-0.2, 0) is 6.42 Å². The zero-order valence-electron chi connectivity index (χ0n) is 20.6. The summed E-state index contributed by atoms with van der Waals surface area (Å²) in [5.41, 5.74) is 3.84. The number of nitrogens with zero attached hydrogens (tertiary/aromatic N) is 5. The van der Waals surface area contributed by atoms with Crippen molar-refractivity contribution in [1.82, 2.24) is 19.9 Å². The molecule has 0 saturated carbocycles. The van der Waals surface area contributed by atoms with Crippen LogP contribution in [0.15, 0.2) is 67.3 Å². The molecule has 182 valence electrons. The molecule has 1 aliphatic heterocycles. The van der Waals surface area contributed by atoms with Crippen LogP contribution in [0, 0.1) is 0 Å². The Hall–Kier alpha value is -3.97. The van der Waals surface area contributed by atoms with E-state index in [1.165, 1.54) is 0 Å². The van der Waals surface area contributed by atoms with Gasteiger partial charge in [0.15, 0.2) is 11.6 Å². The van der Waals surface area contributed by atoms with Crippen molar-refractivity contribution < 1.29 is 9.59 Å². The first kappa shape index (κ1) is 23.8. The summed E-state index contributed by atoms with van der Waals surface area (Å²) in [7, 11) is 2.12. The van der Waals surface area contributed by atoms with Gasteiger partial charge in [0.05, 0.1) is 6.42 Å². The maximum absolute atomic E-state index is 13.1. The van der Waals surface area contributed by atoms with Gasteiger partial charge in [-0.1, -0.05) is 19.1 Å². The van der Waals surface area contributed by atoms with Gasteiger partial charge in [-0.05, 0) is 48.3 Å². The second-order valence-electron chi connectivity index (χ2n) is 9.27. The second kappa shape index (κ2) is 10.3. The number of pyridine rings is 3. The molecule has 1 aromatic carbocycles. The van der Waals surface area contributed by atoms with Crippen LogP contribution >= 0.6 is 0 Å². The van der Waals surface area contributed by atoms with E-state index in [4.69, 9.17) is 0 Å². The highest BCUT2D eigenvalue weighted by atomic mass is 16.1. The Kier molecular flexibility index (Phi) is 6.82. The Balaban J connectivity index is 1.36. The lowest BCUT2D eigenvalue weighted by molar-refractivity contribution is 0.0981. The number of aromatic nitrogens is 3. The Bertz CT molecular complexity index is 1430. The normalized spacial score (nSPS) is 14.2. The van der Waals surface area contributed by atoms with Crippen LogP contribution in [-0.4, -0.2) is 64.6 Å². The first-order chi connectivity index (χ1) is 17.5. The highest BCUT2D eigenvalue weighted by Gasteiger charge is 2.17. The molecule has 1 fully saturated rings. The lowest BCUT2D eigenvalue weighted by atomic mass is 10.00. The molecule has 4 aromatic rings. The second-order valence-corrected chi connectivity index (χ2v) is 9.27. The molecular formula is C29H29N5O2. The topological polar surface area (TPSA) is 79.3 Å². The van der Waals surface area contributed by atoms with Crippen LogP contribution in [0.2, 0.25) is 0 Å². The van der Waals surface area contributed by atoms with Gasteiger partial charge in [-0.15, -0.1) is 0 Å². The first-order valence-corrected chi connectivity index (χ1v) is 12.3. The average molecular weight is 480 g/mol. The van der Waals surface area contributed by atoms with E-state index in [1.807, 2.05) is 37.3 Å². The van der Waals surface area contributed by atoms with Gasteiger partial charge < -0.3 is 9.80 Å². The van der Waals surface area contributed by atoms with Gasteiger partial charge in [-0.3, -0.25) is 19.6 Å². The maximum atomic E-state index is 13.1. The van der Waals surface area contributed by atoms with E-state index in [0.29, 0.717) is 17.5 Å². The summed E-state index contributed by atoms with van der Waals surface area (Å²) in [6, 6.07) is 13.6. The van der Waals surface area contributed by atoms with Crippen molar-refractivity contribution in [3.63, 3.8) is 0 Å². The predicted molar refractivity (Wildman–Crippen MR) is 142 cm³/mol. The first-order valence-electron chi connectivity index (χ1n) is 12.3. The molecule has 3 aromatic heterocycles. The summed E-state index contributed by atoms with van der Waals surface area (Å²) in [5, 5.41) is 1.98. The predicted octanol–water partition coefficient (Wildman–Crippen LogP) is 4.46. The van der Waals surface area contributed by atoms with Gasteiger partial charge in [0.2, 0.25) is 0 Å². The van der Waals surface area contributed by atoms with Gasteiger partial charge in [0.25, 0.3) is 0 Å². The number of hydrogen-bond acceptors (Lipinski definition) is 7. The number of piperazine rings is 1. The number of carbonyl (C=O) groups excluding carboxylic acids is 2. The number of Topliss-reactive ketones (excluding diaryl/α,β-unsaturated/α-hetero) is 2. The minimum Gasteiger partial charge on any atom is -0.354 e. The third kappa shape index (κ3) is 5.16. The van der Waals surface area contributed by atoms with Crippen LogP contribution < -0.4 is 4.90 Å². The molecule has 0 aliphatic carbocycles. The van der Waals surface area contributed by atoms with Crippen molar-refractivity contribution in [2.24, 2.45) is 0 Å². The lowest BCUT2D eigenvalue weighted by Crippen LogP contribution is -2.44. The molecule has 0 bridgehead atoms. The lowest BCUT2D eigenvalue weighted by Gasteiger charge is -2.33. The Morgan fingerprint density at radius 1 is 0.806 bits per heavy atom. The summed E-state index contributed by atoms with van der Waals surface area (Å²) in [4.78, 5) is 43.0. The summed E-state index contributed by atoms with van der Waals surface area (Å²) >= 11 is 0. The van der Waals surface area contributed by atoms with Crippen LogP contribution in [0.4, 0.5) is 5.82 Å². The molecule has 1 saturated heterocycles. The molecule has 0 N–H and O–H groups in total. The van der Waals surface area contributed by atoms with Crippen molar-refractivity contribution in [3.05, 3.63) is 84.1 Å². The van der Waals surface area contributed by atoms with E-state index in [1.54, 1.807) is 30.9 Å². The Morgan fingerprint density at radius 2 is 1.64 bits per heavy atom. The number of carbonyl (C=O) groups is 2. The number of benzene rings is 1. The summed E-state index contributed by atoms with van der Waals surface area (Å²) in [6.45, 7) is 5.62. The van der Waals surface area contributed by atoms with E-state index in [2.05, 4.69) is 37.9 Å². The molecule has 7 heteroatoms. The minimum absolute atomic E-state index is 0.0192. The van der Waals surface area contributed by atoms with Gasteiger partial charge in [0, 0.05) is 85.2 Å². The molecule has 5 rings (SSSR count). The maximum Gasteiger partial charge on any atom is 0.169 e. The van der Waals surface area contributed by atoms with E-state index >= 15 is 0 Å². The van der Waals surface area contributed by atoms with Crippen LogP contribution in [0.1, 0.15) is 39.8 Å². The monoisotopic (exact) mass is 479 g/mol. The fourth-order valence-corrected chi connectivity index (χ4v) is 4.48. The van der Waals surface area contributed by atoms with Crippen LogP contribution in [0.5, 0.6) is 0 Å². The van der Waals surface area contributed by atoms with Crippen molar-refractivity contribution in [2.75, 3.05) is 38.1 Å². The average Bonchev–Trinajstić information content (AvgIpc) is 2.92. The molecule has 0 radical (unpaired) electrons. The van der Waals surface area contributed by atoms with Gasteiger partial charge >= 0.3 is 0 Å². The Labute approximate surface area is 210 Å². The smallest absolute Gasteiger partial charge is 0.169 e. The fraction of sp³-hybridized carbons (Fsp3) is 0.276. The molecule has 1 aliphatic rings. The largest absolute Gasteiger partial charge is 0.354 e. The Morgan fingerprint density at radius 3 is 2.44 bits per heavy atom. The SMILES string of the molecule is CCC(=O)c1cncc(-c2ccc3cnc(CC(=O)c4ccnc(N5CCN(C)CC5)c4)cc3c2)c1. The number of fused-ring (bicyclic) bond motifs is 1. The third-order valence-electron chi connectivity index (χ3n) is 6.73. The number of rotatable bonds is 7. The summed E-state index contributed by atoms with van der Waals surface area (Å²) in [6.07, 6.45) is 7.55. The summed E-state index contributed by atoms with van der Waals surface area (Å²) < 4.78 is 0. The molecule has 4 heterocycles. The molecular weight excluding hydrogens is 450 g/mol. The standard InChI is InChI=1S/C29H29N5O2/c1-3-27(35)25-13-24(17-30-18-25)20-4-5-22-19-32-26(14-23(22)12-20)16-28(36)21-6-7-31-29(15-21)34-10-8-33(2)9-11-34/h4-7,12-15,17-19H,3,8-11,16H2,1-2H3. The van der Waals surface area contributed by atoms with Crippen molar-refractivity contribution in [2.45, 2.75) is 19.8 Å². The number of hydrogen-bond donors (Lipinski definition) is 0. The minimum atomic E-state index is 0.0192. The van der Waals surface area contributed by atoms with Crippen molar-refractivity contribution in [1.29, 1.82) is 0 Å². The number of likely N-dealkylation sites (N-methyl/N-ethyl adjacent to an activating group) is 1. The van der Waals surface area contributed by atoms with E-state index in [9.17, 15) is 9.59 Å². The quantitative estimate of drug-likeness (QED) is 0.362. The highest BCUT2D eigenvalue weighted by molar-refractivity contribution is 5.99. The van der Waals surface area contributed by atoms with Crippen molar-refractivity contribution >= 4 is 28.2 Å². The van der Waals surface area contributed by atoms with Gasteiger partial charge in [-0.2, -0.15) is 0 Å². The molecule has 0 atom stereocenters. The fourth-order valence-electron chi connectivity index (χ4n) is 4.48. The highest BCUT2D eigenvalue weighted by Crippen LogP contribution is 2.25. The molecule has 0 amide bonds. The molecule has 0 unspecified atom stereocenters. The van der Waals surface area contributed by atoms with Crippen LogP contribution in [0.3, 0.4) is 0 Å². The molecule has 36 heavy (non-hydrogen) atoms. The van der Waals surface area contributed by atoms with Gasteiger partial charge in [-0.25, -0.2) is 4.98 Å². The van der Waals surface area contributed by atoms with Crippen molar-refractivity contribution in [3.8, 4) is 11.1 Å². The zero-order chi connectivity index (χ0) is 25.1. The molecule has 7 nitrogen and oxygen atoms in total. The molecule has 0 spiro atoms. The van der Waals surface area contributed by atoms with Gasteiger partial charge in [0.1, 0.15) is 5.82 Å². The van der Waals surface area contributed by atoms with E-state index < -0.39 is 0 Å². The van der Waals surface area contributed by atoms with Crippen LogP contribution in [0.25, 0.3) is 21.9 Å². The zero-order valence-corrected chi connectivity index (χ0v) is 20.6.